The van der Waals surface area contributed by atoms with E-state index in [2.05, 4.69) is 46.4 Å². The number of rotatable bonds is 6. The Balaban J connectivity index is 1.35. The Kier molecular flexibility index (Phi) is 6.02. The molecule has 4 rings (SSSR count). The van der Waals surface area contributed by atoms with Gasteiger partial charge < -0.3 is 10.2 Å². The highest BCUT2D eigenvalue weighted by atomic mass is 16.2. The smallest absolute Gasteiger partial charge is 0.245 e. The average molecular weight is 407 g/mol. The molecule has 2 fully saturated rings. The quantitative estimate of drug-likeness (QED) is 0.702. The summed E-state index contributed by atoms with van der Waals surface area (Å²) >= 11 is 0. The molecule has 2 aliphatic rings. The number of nitrogens with one attached hydrogen (secondary N) is 2. The lowest BCUT2D eigenvalue weighted by molar-refractivity contribution is -0.126. The van der Waals surface area contributed by atoms with Gasteiger partial charge in [-0.25, -0.2) is 0 Å². The molecule has 6 heteroatoms. The van der Waals surface area contributed by atoms with E-state index in [1.54, 1.807) is 0 Å². The number of benzene rings is 1. The molecule has 2 atom stereocenters. The van der Waals surface area contributed by atoms with Gasteiger partial charge in [0.2, 0.25) is 11.8 Å². The molecule has 6 nitrogen and oxygen atoms in total. The minimum absolute atomic E-state index is 0.0204. The second-order valence-corrected chi connectivity index (χ2v) is 8.52. The molecular weight excluding hydrogens is 376 g/mol. The molecule has 0 radical (unpaired) electrons. The van der Waals surface area contributed by atoms with E-state index in [9.17, 15) is 9.59 Å². The molecule has 30 heavy (non-hydrogen) atoms. The highest BCUT2D eigenvalue weighted by Gasteiger charge is 2.26. The van der Waals surface area contributed by atoms with Gasteiger partial charge in [-0.15, -0.1) is 0 Å². The molecular formula is C24H30N4O2. The first-order chi connectivity index (χ1) is 14.5. The third-order valence-electron chi connectivity index (χ3n) is 6.38. The lowest BCUT2D eigenvalue weighted by Gasteiger charge is -2.19. The number of aromatic nitrogens is 2. The zero-order chi connectivity index (χ0) is 21.1. The third-order valence-corrected chi connectivity index (χ3v) is 6.38. The van der Waals surface area contributed by atoms with Crippen LogP contribution in [0, 0.1) is 0 Å². The summed E-state index contributed by atoms with van der Waals surface area (Å²) in [7, 11) is 0. The topological polar surface area (TPSA) is 78.1 Å². The van der Waals surface area contributed by atoms with Gasteiger partial charge in [0, 0.05) is 30.8 Å². The first-order valence-electron chi connectivity index (χ1n) is 10.9. The third kappa shape index (κ3) is 4.64. The number of likely N-dealkylation sites (tertiary alicyclic amines) is 1. The maximum Gasteiger partial charge on any atom is 0.245 e. The number of aromatic amines is 1. The van der Waals surface area contributed by atoms with Crippen LogP contribution in [-0.2, 0) is 9.59 Å². The molecule has 1 saturated heterocycles. The number of hydrogen-bond donors (Lipinski definition) is 2. The van der Waals surface area contributed by atoms with Crippen LogP contribution >= 0.6 is 0 Å². The zero-order valence-electron chi connectivity index (χ0n) is 17.6. The fourth-order valence-corrected chi connectivity index (χ4v) is 4.23. The van der Waals surface area contributed by atoms with Crippen molar-refractivity contribution in [1.82, 2.24) is 15.1 Å². The summed E-state index contributed by atoms with van der Waals surface area (Å²) in [5.41, 5.74) is 3.38. The van der Waals surface area contributed by atoms with Crippen molar-refractivity contribution < 1.29 is 9.59 Å². The summed E-state index contributed by atoms with van der Waals surface area (Å²) in [4.78, 5) is 26.4. The molecule has 2 N–H and O–H groups in total. The van der Waals surface area contributed by atoms with Crippen LogP contribution in [0.25, 0.3) is 0 Å². The van der Waals surface area contributed by atoms with Crippen molar-refractivity contribution in [3.63, 3.8) is 0 Å². The van der Waals surface area contributed by atoms with Gasteiger partial charge in [0.05, 0.1) is 5.92 Å². The summed E-state index contributed by atoms with van der Waals surface area (Å²) in [6.45, 7) is 7.08. The first kappa shape index (κ1) is 20.4. The summed E-state index contributed by atoms with van der Waals surface area (Å²) in [6, 6.07) is 10.3. The average Bonchev–Trinajstić information content (AvgIpc) is 3.56. The van der Waals surface area contributed by atoms with Crippen LogP contribution in [0.4, 0.5) is 5.82 Å². The van der Waals surface area contributed by atoms with E-state index in [-0.39, 0.29) is 17.7 Å². The molecule has 158 valence electrons. The van der Waals surface area contributed by atoms with Gasteiger partial charge in [-0.05, 0) is 62.1 Å². The van der Waals surface area contributed by atoms with E-state index in [1.807, 2.05) is 17.9 Å². The second-order valence-electron chi connectivity index (χ2n) is 8.52. The lowest BCUT2D eigenvalue weighted by Crippen LogP contribution is -2.30. The Morgan fingerprint density at radius 1 is 1.17 bits per heavy atom. The number of nitrogens with zero attached hydrogens (tertiary/aromatic N) is 2. The molecule has 2 aromatic rings. The Morgan fingerprint density at radius 2 is 1.93 bits per heavy atom. The number of H-pyrrole nitrogens is 1. The number of carbonyl (C=O) groups excluding carboxylic acids is 2. The van der Waals surface area contributed by atoms with Gasteiger partial charge >= 0.3 is 0 Å². The molecule has 1 aromatic carbocycles. The first-order valence-corrected chi connectivity index (χ1v) is 10.9. The van der Waals surface area contributed by atoms with Gasteiger partial charge in [0.15, 0.2) is 5.82 Å². The van der Waals surface area contributed by atoms with Crippen LogP contribution in [-0.4, -0.2) is 40.0 Å². The van der Waals surface area contributed by atoms with Crippen LogP contribution in [0.2, 0.25) is 0 Å². The highest BCUT2D eigenvalue weighted by Crippen LogP contribution is 2.39. The van der Waals surface area contributed by atoms with Gasteiger partial charge in [0.1, 0.15) is 0 Å². The van der Waals surface area contributed by atoms with E-state index in [4.69, 9.17) is 0 Å². The number of amides is 2. The maximum atomic E-state index is 12.7. The molecule has 1 aliphatic heterocycles. The van der Waals surface area contributed by atoms with Crippen LogP contribution in [0.5, 0.6) is 0 Å². The maximum absolute atomic E-state index is 12.7. The van der Waals surface area contributed by atoms with Gasteiger partial charge in [-0.1, -0.05) is 30.8 Å². The van der Waals surface area contributed by atoms with E-state index in [1.165, 1.54) is 24.5 Å². The molecule has 0 spiro atoms. The SMILES string of the molecule is C=CC(=O)N1CCCC(c2ccc(C(C)C(=O)Nc3cc(C4CC4)[nH]n3)cc2)CC1. The standard InChI is InChI=1S/C24H30N4O2/c1-3-23(29)28-13-4-5-18(12-14-28)19-8-6-17(7-9-19)16(2)24(30)25-22-15-21(26-27-22)20-10-11-20/h3,6-9,15-16,18,20H,1,4-5,10-14H2,2H3,(H2,25,26,27,30). The van der Waals surface area contributed by atoms with Crippen molar-refractivity contribution in [3.8, 4) is 0 Å². The van der Waals surface area contributed by atoms with Crippen LogP contribution in [0.3, 0.4) is 0 Å². The van der Waals surface area contributed by atoms with Crippen molar-refractivity contribution in [2.24, 2.45) is 0 Å². The highest BCUT2D eigenvalue weighted by molar-refractivity contribution is 5.94. The molecule has 1 saturated carbocycles. The Hall–Kier alpha value is -2.89. The predicted molar refractivity (Wildman–Crippen MR) is 117 cm³/mol. The van der Waals surface area contributed by atoms with Crippen molar-refractivity contribution in [2.75, 3.05) is 18.4 Å². The van der Waals surface area contributed by atoms with Crippen molar-refractivity contribution in [3.05, 3.63) is 59.8 Å². The van der Waals surface area contributed by atoms with E-state index in [0.29, 0.717) is 17.7 Å². The molecule has 0 bridgehead atoms. The van der Waals surface area contributed by atoms with Crippen LogP contribution in [0.15, 0.2) is 43.0 Å². The Morgan fingerprint density at radius 3 is 2.63 bits per heavy atom. The number of hydrogen-bond acceptors (Lipinski definition) is 3. The second kappa shape index (κ2) is 8.86. The van der Waals surface area contributed by atoms with Crippen molar-refractivity contribution >= 4 is 17.6 Å². The van der Waals surface area contributed by atoms with Crippen molar-refractivity contribution in [1.29, 1.82) is 0 Å². The minimum atomic E-state index is -0.255. The predicted octanol–water partition coefficient (Wildman–Crippen LogP) is 4.31. The van der Waals surface area contributed by atoms with Crippen LogP contribution < -0.4 is 5.32 Å². The molecule has 2 amide bonds. The van der Waals surface area contributed by atoms with Gasteiger partial charge in [-0.3, -0.25) is 14.7 Å². The fourth-order valence-electron chi connectivity index (χ4n) is 4.23. The summed E-state index contributed by atoms with van der Waals surface area (Å²) < 4.78 is 0. The van der Waals surface area contributed by atoms with Gasteiger partial charge in [0.25, 0.3) is 0 Å². The molecule has 2 heterocycles. The summed E-state index contributed by atoms with van der Waals surface area (Å²) in [5.74, 6) is 1.34. The number of anilines is 1. The van der Waals surface area contributed by atoms with E-state index in [0.717, 1.165) is 43.6 Å². The lowest BCUT2D eigenvalue weighted by atomic mass is 9.90. The molecule has 2 unspecified atom stereocenters. The zero-order valence-corrected chi connectivity index (χ0v) is 17.6. The minimum Gasteiger partial charge on any atom is -0.339 e. The summed E-state index contributed by atoms with van der Waals surface area (Å²) in [5, 5.41) is 10.2. The Labute approximate surface area is 177 Å². The van der Waals surface area contributed by atoms with E-state index >= 15 is 0 Å². The van der Waals surface area contributed by atoms with Crippen LogP contribution in [0.1, 0.15) is 73.6 Å². The summed E-state index contributed by atoms with van der Waals surface area (Å²) in [6.07, 6.45) is 6.81. The fraction of sp³-hybridized carbons (Fsp3) is 0.458. The Bertz CT molecular complexity index is 914. The normalized spacial score (nSPS) is 20.3. The molecule has 1 aromatic heterocycles. The molecule has 1 aliphatic carbocycles. The van der Waals surface area contributed by atoms with Crippen molar-refractivity contribution in [2.45, 2.75) is 56.8 Å². The van der Waals surface area contributed by atoms with Gasteiger partial charge in [-0.2, -0.15) is 5.10 Å². The monoisotopic (exact) mass is 406 g/mol. The number of carbonyl (C=O) groups is 2. The largest absolute Gasteiger partial charge is 0.339 e. The van der Waals surface area contributed by atoms with E-state index < -0.39 is 0 Å².